The molecule has 37 heavy (non-hydrogen) atoms. The Morgan fingerprint density at radius 2 is 2.00 bits per heavy atom. The van der Waals surface area contributed by atoms with E-state index in [2.05, 4.69) is 36.0 Å². The molecule has 4 heterocycles. The molecule has 0 aromatic carbocycles. The van der Waals surface area contributed by atoms with Gasteiger partial charge in [0.15, 0.2) is 17.3 Å². The van der Waals surface area contributed by atoms with Gasteiger partial charge in [-0.3, -0.25) is 9.59 Å². The standard InChI is InChI=1S/C24H30N10O3/c1-11(2)37-15-10-26-22(21-17(15)20-18(12(3)33(21)5)31-34(6)32-20)27-14-9-16(28-23(35)13-7-8-13)29-30-19(14)24(36)25-4/h9-13H,7-8H2,1-6H3,(H,25,36)(H2,26,27,28,29,35)/t12-/m1/s1/i4D3. The Hall–Kier alpha value is -4.29. The summed E-state index contributed by atoms with van der Waals surface area (Å²) in [5, 5.41) is 24.8. The Labute approximate surface area is 218 Å². The number of anilines is 4. The van der Waals surface area contributed by atoms with E-state index in [1.165, 1.54) is 10.9 Å². The second-order valence-corrected chi connectivity index (χ2v) is 9.41. The van der Waals surface area contributed by atoms with Crippen molar-refractivity contribution in [2.45, 2.75) is 45.8 Å². The molecule has 5 rings (SSSR count). The quantitative estimate of drug-likeness (QED) is 0.433. The van der Waals surface area contributed by atoms with Gasteiger partial charge in [-0.15, -0.1) is 10.2 Å². The predicted octanol–water partition coefficient (Wildman–Crippen LogP) is 2.42. The summed E-state index contributed by atoms with van der Waals surface area (Å²) in [7, 11) is 3.62. The molecule has 0 bridgehead atoms. The molecule has 1 atom stereocenters. The van der Waals surface area contributed by atoms with Crippen LogP contribution in [-0.2, 0) is 11.8 Å². The molecule has 13 heteroatoms. The van der Waals surface area contributed by atoms with Crippen LogP contribution in [0, 0.1) is 5.92 Å². The molecule has 1 aliphatic carbocycles. The maximum absolute atomic E-state index is 12.9. The van der Waals surface area contributed by atoms with Crippen LogP contribution in [0.5, 0.6) is 5.75 Å². The first-order valence-corrected chi connectivity index (χ1v) is 11.9. The topological polar surface area (TPSA) is 152 Å². The van der Waals surface area contributed by atoms with Gasteiger partial charge in [0.1, 0.15) is 17.1 Å². The monoisotopic (exact) mass is 509 g/mol. The number of rotatable bonds is 7. The molecule has 194 valence electrons. The van der Waals surface area contributed by atoms with E-state index < -0.39 is 12.9 Å². The van der Waals surface area contributed by atoms with Gasteiger partial charge in [0.2, 0.25) is 5.91 Å². The van der Waals surface area contributed by atoms with Gasteiger partial charge in [-0.05, 0) is 33.6 Å². The number of aryl methyl sites for hydroxylation is 1. The minimum absolute atomic E-state index is 0.0877. The molecule has 3 aromatic rings. The van der Waals surface area contributed by atoms with Gasteiger partial charge in [-0.25, -0.2) is 4.98 Å². The van der Waals surface area contributed by atoms with Crippen molar-refractivity contribution in [3.8, 4) is 17.0 Å². The molecule has 3 N–H and O–H groups in total. The molecule has 2 aliphatic rings. The summed E-state index contributed by atoms with van der Waals surface area (Å²) in [6.45, 7) is 3.04. The molecule has 0 spiro atoms. The number of nitrogens with one attached hydrogen (secondary N) is 3. The van der Waals surface area contributed by atoms with Crippen LogP contribution in [0.2, 0.25) is 0 Å². The molecule has 1 fully saturated rings. The van der Waals surface area contributed by atoms with Gasteiger partial charge < -0.3 is 25.6 Å². The molecule has 13 nitrogen and oxygen atoms in total. The number of hydrogen-bond acceptors (Lipinski definition) is 10. The van der Waals surface area contributed by atoms with Gasteiger partial charge in [0.05, 0.1) is 35.3 Å². The number of ether oxygens (including phenoxy) is 1. The highest BCUT2D eigenvalue weighted by atomic mass is 16.5. The van der Waals surface area contributed by atoms with E-state index in [9.17, 15) is 9.59 Å². The first kappa shape index (κ1) is 20.9. The third-order valence-electron chi connectivity index (χ3n) is 6.26. The van der Waals surface area contributed by atoms with Crippen LogP contribution in [0.4, 0.5) is 23.0 Å². The summed E-state index contributed by atoms with van der Waals surface area (Å²) in [5.41, 5.74) is 2.49. The fraction of sp³-hybridized carbons (Fsp3) is 0.458. The van der Waals surface area contributed by atoms with Crippen molar-refractivity contribution in [1.29, 1.82) is 0 Å². The van der Waals surface area contributed by atoms with Crippen molar-refractivity contribution in [3.05, 3.63) is 23.7 Å². The number of amides is 2. The van der Waals surface area contributed by atoms with Crippen LogP contribution in [-0.4, -0.2) is 62.1 Å². The number of pyridine rings is 1. The third-order valence-corrected chi connectivity index (χ3v) is 6.26. The van der Waals surface area contributed by atoms with Gasteiger partial charge in [0, 0.05) is 37.2 Å². The summed E-state index contributed by atoms with van der Waals surface area (Å²) < 4.78 is 28.4. The van der Waals surface area contributed by atoms with Crippen molar-refractivity contribution < 1.29 is 18.4 Å². The maximum atomic E-state index is 12.9. The lowest BCUT2D eigenvalue weighted by Gasteiger charge is -2.34. The van der Waals surface area contributed by atoms with Crippen LogP contribution < -0.4 is 25.6 Å². The molecule has 1 saturated carbocycles. The molecule has 3 aromatic heterocycles. The SMILES string of the molecule is [2H]C([2H])([2H])NC(=O)c1nnc(NC(=O)C2CC2)cc1Nc1ncc(OC(C)C)c2c1N(C)[C@H](C)c1nn(C)nc1-2. The zero-order chi connectivity index (χ0) is 28.9. The highest BCUT2D eigenvalue weighted by Gasteiger charge is 2.36. The number of fused-ring (bicyclic) bond motifs is 3. The van der Waals surface area contributed by atoms with Gasteiger partial charge in [-0.1, -0.05) is 0 Å². The number of carbonyl (C=O) groups excluding carboxylic acids is 2. The van der Waals surface area contributed by atoms with Crippen molar-refractivity contribution in [2.24, 2.45) is 13.0 Å². The summed E-state index contributed by atoms with van der Waals surface area (Å²) in [4.78, 5) is 33.3. The van der Waals surface area contributed by atoms with E-state index in [-0.39, 0.29) is 41.2 Å². The van der Waals surface area contributed by atoms with Crippen molar-refractivity contribution in [3.63, 3.8) is 0 Å². The second kappa shape index (κ2) is 9.30. The molecule has 0 unspecified atom stereocenters. The van der Waals surface area contributed by atoms with Crippen molar-refractivity contribution in [1.82, 2.24) is 35.5 Å². The minimum Gasteiger partial charge on any atom is -0.489 e. The lowest BCUT2D eigenvalue weighted by Crippen LogP contribution is -2.28. The van der Waals surface area contributed by atoms with Crippen molar-refractivity contribution >= 4 is 34.8 Å². The largest absolute Gasteiger partial charge is 0.489 e. The predicted molar refractivity (Wildman–Crippen MR) is 137 cm³/mol. The zero-order valence-electron chi connectivity index (χ0n) is 24.2. The maximum Gasteiger partial charge on any atom is 0.273 e. The van der Waals surface area contributed by atoms with Crippen LogP contribution in [0.3, 0.4) is 0 Å². The Bertz CT molecular complexity index is 1490. The Morgan fingerprint density at radius 3 is 2.70 bits per heavy atom. The number of nitrogens with zero attached hydrogens (tertiary/aromatic N) is 7. The smallest absolute Gasteiger partial charge is 0.273 e. The summed E-state index contributed by atoms with van der Waals surface area (Å²) in [6, 6.07) is 1.24. The van der Waals surface area contributed by atoms with E-state index in [0.29, 0.717) is 28.5 Å². The number of hydrogen-bond donors (Lipinski definition) is 3. The summed E-state index contributed by atoms with van der Waals surface area (Å²) >= 11 is 0. The van der Waals surface area contributed by atoms with Crippen LogP contribution >= 0.6 is 0 Å². The van der Waals surface area contributed by atoms with E-state index in [0.717, 1.165) is 18.5 Å². The van der Waals surface area contributed by atoms with Gasteiger partial charge in [-0.2, -0.15) is 15.0 Å². The first-order valence-electron chi connectivity index (χ1n) is 13.4. The minimum atomic E-state index is -2.75. The number of carbonyl (C=O) groups is 2. The van der Waals surface area contributed by atoms with E-state index in [1.807, 2.05) is 38.0 Å². The van der Waals surface area contributed by atoms with E-state index in [4.69, 9.17) is 8.85 Å². The molecular formula is C24H30N10O3. The zero-order valence-corrected chi connectivity index (χ0v) is 21.2. The lowest BCUT2D eigenvalue weighted by molar-refractivity contribution is -0.117. The Kier molecular flexibility index (Phi) is 5.24. The normalized spacial score (nSPS) is 17.7. The molecule has 2 amide bonds. The van der Waals surface area contributed by atoms with Crippen molar-refractivity contribution in [2.75, 3.05) is 29.6 Å². The van der Waals surface area contributed by atoms with Crippen LogP contribution in [0.15, 0.2) is 12.3 Å². The fourth-order valence-corrected chi connectivity index (χ4v) is 4.23. The fourth-order valence-electron chi connectivity index (χ4n) is 4.23. The Balaban J connectivity index is 1.62. The van der Waals surface area contributed by atoms with Crippen LogP contribution in [0.25, 0.3) is 11.3 Å². The van der Waals surface area contributed by atoms with E-state index >= 15 is 0 Å². The number of aromatic nitrogens is 6. The average Bonchev–Trinajstić information content (AvgIpc) is 3.63. The second-order valence-electron chi connectivity index (χ2n) is 9.41. The highest BCUT2D eigenvalue weighted by molar-refractivity contribution is 6.01. The lowest BCUT2D eigenvalue weighted by atomic mass is 9.97. The average molecular weight is 510 g/mol. The van der Waals surface area contributed by atoms with Crippen LogP contribution in [0.1, 0.15) is 59.9 Å². The Morgan fingerprint density at radius 1 is 1.22 bits per heavy atom. The molecular weight excluding hydrogens is 476 g/mol. The highest BCUT2D eigenvalue weighted by Crippen LogP contribution is 2.50. The molecule has 0 radical (unpaired) electrons. The molecule has 0 saturated heterocycles. The third kappa shape index (κ3) is 4.52. The van der Waals surface area contributed by atoms with E-state index in [1.54, 1.807) is 13.2 Å². The molecule has 1 aliphatic heterocycles. The first-order chi connectivity index (χ1) is 18.8. The summed E-state index contributed by atoms with van der Waals surface area (Å²) in [6.07, 6.45) is 2.99. The van der Waals surface area contributed by atoms with Gasteiger partial charge >= 0.3 is 0 Å². The summed E-state index contributed by atoms with van der Waals surface area (Å²) in [5.74, 6) is -0.323. The van der Waals surface area contributed by atoms with Gasteiger partial charge in [0.25, 0.3) is 5.91 Å².